The maximum absolute atomic E-state index is 11.0. The third-order valence-electron chi connectivity index (χ3n) is 2.50. The van der Waals surface area contributed by atoms with Crippen LogP contribution in [0.25, 0.3) is 0 Å². The SMILES string of the molecule is COc1ncnc(Oc2ccc(CN)cc2)c1[N+](=O)[O-]. The fraction of sp³-hybridized carbons (Fsp3) is 0.167. The maximum Gasteiger partial charge on any atom is 0.392 e. The van der Waals surface area contributed by atoms with Crippen LogP contribution in [0.2, 0.25) is 0 Å². The van der Waals surface area contributed by atoms with Crippen LogP contribution in [0.1, 0.15) is 5.56 Å². The standard InChI is InChI=1S/C12H12N4O4/c1-19-11-10(16(17)18)12(15-7-14-11)20-9-4-2-8(6-13)3-5-9/h2-5,7H,6,13H2,1H3. The minimum atomic E-state index is -0.650. The molecule has 20 heavy (non-hydrogen) atoms. The van der Waals surface area contributed by atoms with Gasteiger partial charge < -0.3 is 15.2 Å². The van der Waals surface area contributed by atoms with E-state index in [0.717, 1.165) is 11.9 Å². The summed E-state index contributed by atoms with van der Waals surface area (Å²) in [5.74, 6) is 0.0759. The molecule has 0 spiro atoms. The van der Waals surface area contributed by atoms with Gasteiger partial charge >= 0.3 is 17.4 Å². The molecule has 0 amide bonds. The van der Waals surface area contributed by atoms with Crippen molar-refractivity contribution in [3.63, 3.8) is 0 Å². The van der Waals surface area contributed by atoms with Gasteiger partial charge in [0.05, 0.1) is 12.0 Å². The van der Waals surface area contributed by atoms with Crippen LogP contribution in [0.5, 0.6) is 17.5 Å². The Morgan fingerprint density at radius 3 is 2.45 bits per heavy atom. The first-order valence-electron chi connectivity index (χ1n) is 5.66. The molecule has 0 saturated heterocycles. The van der Waals surface area contributed by atoms with Crippen molar-refractivity contribution in [2.45, 2.75) is 6.54 Å². The summed E-state index contributed by atoms with van der Waals surface area (Å²) in [5, 5.41) is 11.0. The normalized spacial score (nSPS) is 10.1. The van der Waals surface area contributed by atoms with E-state index >= 15 is 0 Å². The molecule has 0 aliphatic heterocycles. The van der Waals surface area contributed by atoms with Crippen molar-refractivity contribution < 1.29 is 14.4 Å². The highest BCUT2D eigenvalue weighted by molar-refractivity contribution is 5.50. The summed E-state index contributed by atoms with van der Waals surface area (Å²) >= 11 is 0. The Balaban J connectivity index is 2.34. The summed E-state index contributed by atoms with van der Waals surface area (Å²) in [4.78, 5) is 17.8. The van der Waals surface area contributed by atoms with Gasteiger partial charge in [-0.2, -0.15) is 9.97 Å². The van der Waals surface area contributed by atoms with E-state index in [1.54, 1.807) is 24.3 Å². The van der Waals surface area contributed by atoms with Gasteiger partial charge in [-0.05, 0) is 17.7 Å². The highest BCUT2D eigenvalue weighted by atomic mass is 16.6. The maximum atomic E-state index is 11.0. The van der Waals surface area contributed by atoms with Crippen LogP contribution < -0.4 is 15.2 Å². The summed E-state index contributed by atoms with van der Waals surface area (Å²) in [6.45, 7) is 0.405. The molecule has 8 nitrogen and oxygen atoms in total. The van der Waals surface area contributed by atoms with Crippen molar-refractivity contribution in [2.24, 2.45) is 5.73 Å². The molecule has 2 N–H and O–H groups in total. The number of benzene rings is 1. The molecule has 0 saturated carbocycles. The molecule has 2 aromatic rings. The zero-order valence-corrected chi connectivity index (χ0v) is 10.6. The summed E-state index contributed by atoms with van der Waals surface area (Å²) in [5.41, 5.74) is 5.99. The third kappa shape index (κ3) is 2.81. The third-order valence-corrected chi connectivity index (χ3v) is 2.50. The van der Waals surface area contributed by atoms with Crippen molar-refractivity contribution >= 4 is 5.69 Å². The molecule has 0 radical (unpaired) electrons. The van der Waals surface area contributed by atoms with Crippen LogP contribution in [0, 0.1) is 10.1 Å². The van der Waals surface area contributed by atoms with E-state index in [9.17, 15) is 10.1 Å². The van der Waals surface area contributed by atoms with Crippen LogP contribution >= 0.6 is 0 Å². The number of nitrogens with two attached hydrogens (primary N) is 1. The number of rotatable bonds is 5. The van der Waals surface area contributed by atoms with E-state index in [-0.39, 0.29) is 11.8 Å². The van der Waals surface area contributed by atoms with E-state index in [2.05, 4.69) is 9.97 Å². The predicted molar refractivity (Wildman–Crippen MR) is 69.6 cm³/mol. The van der Waals surface area contributed by atoms with Crippen LogP contribution in [-0.2, 0) is 6.54 Å². The lowest BCUT2D eigenvalue weighted by Gasteiger charge is -2.07. The number of aromatic nitrogens is 2. The number of hydrogen-bond acceptors (Lipinski definition) is 7. The number of nitro groups is 1. The summed E-state index contributed by atoms with van der Waals surface area (Å²) in [7, 11) is 1.29. The Morgan fingerprint density at radius 1 is 1.25 bits per heavy atom. The Morgan fingerprint density at radius 2 is 1.90 bits per heavy atom. The lowest BCUT2D eigenvalue weighted by atomic mass is 10.2. The first kappa shape index (κ1) is 13.7. The molecule has 1 aromatic heterocycles. The minimum absolute atomic E-state index is 0.154. The van der Waals surface area contributed by atoms with E-state index < -0.39 is 10.6 Å². The van der Waals surface area contributed by atoms with Crippen LogP contribution in [0.15, 0.2) is 30.6 Å². The zero-order valence-electron chi connectivity index (χ0n) is 10.6. The molecule has 104 valence electrons. The number of hydrogen-bond donors (Lipinski definition) is 1. The molecule has 0 aliphatic carbocycles. The Labute approximate surface area is 114 Å². The highest BCUT2D eigenvalue weighted by Crippen LogP contribution is 2.35. The molecule has 0 atom stereocenters. The molecule has 1 aromatic carbocycles. The van der Waals surface area contributed by atoms with Crippen molar-refractivity contribution in [3.05, 3.63) is 46.3 Å². The topological polar surface area (TPSA) is 113 Å². The lowest BCUT2D eigenvalue weighted by Crippen LogP contribution is -2.01. The van der Waals surface area contributed by atoms with Crippen molar-refractivity contribution in [1.29, 1.82) is 0 Å². The predicted octanol–water partition coefficient (Wildman–Crippen LogP) is 1.64. The molecule has 0 bridgehead atoms. The summed E-state index contributed by atoms with van der Waals surface area (Å²) in [6, 6.07) is 6.83. The Hall–Kier alpha value is -2.74. The van der Waals surface area contributed by atoms with Crippen molar-refractivity contribution in [2.75, 3.05) is 7.11 Å². The van der Waals surface area contributed by atoms with E-state index in [0.29, 0.717) is 12.3 Å². The van der Waals surface area contributed by atoms with Gasteiger partial charge in [0.25, 0.3) is 0 Å². The first-order chi connectivity index (χ1) is 9.65. The van der Waals surface area contributed by atoms with Gasteiger partial charge in [-0.25, -0.2) is 0 Å². The number of methoxy groups -OCH3 is 1. The molecule has 0 fully saturated rings. The minimum Gasteiger partial charge on any atom is -0.476 e. The van der Waals surface area contributed by atoms with Crippen LogP contribution in [0.4, 0.5) is 5.69 Å². The average molecular weight is 276 g/mol. The highest BCUT2D eigenvalue weighted by Gasteiger charge is 2.25. The van der Waals surface area contributed by atoms with Crippen molar-refractivity contribution in [1.82, 2.24) is 9.97 Å². The quantitative estimate of drug-likeness (QED) is 0.652. The first-order valence-corrected chi connectivity index (χ1v) is 5.66. The Kier molecular flexibility index (Phi) is 4.06. The number of ether oxygens (including phenoxy) is 2. The van der Waals surface area contributed by atoms with Crippen molar-refractivity contribution in [3.8, 4) is 17.5 Å². The second-order valence-electron chi connectivity index (χ2n) is 3.74. The monoisotopic (exact) mass is 276 g/mol. The lowest BCUT2D eigenvalue weighted by molar-refractivity contribution is -0.387. The summed E-state index contributed by atoms with van der Waals surface area (Å²) < 4.78 is 10.2. The second kappa shape index (κ2) is 5.93. The fourth-order valence-corrected chi connectivity index (χ4v) is 1.53. The molecular weight excluding hydrogens is 264 g/mol. The molecule has 8 heteroatoms. The zero-order chi connectivity index (χ0) is 14.5. The molecule has 2 rings (SSSR count). The van der Waals surface area contributed by atoms with Gasteiger partial charge in [-0.1, -0.05) is 12.1 Å². The van der Waals surface area contributed by atoms with Gasteiger partial charge in [0.1, 0.15) is 12.1 Å². The molecule has 0 unspecified atom stereocenters. The van der Waals surface area contributed by atoms with Gasteiger partial charge in [-0.15, -0.1) is 0 Å². The average Bonchev–Trinajstić information content (AvgIpc) is 2.47. The van der Waals surface area contributed by atoms with E-state index in [4.69, 9.17) is 15.2 Å². The molecular formula is C12H12N4O4. The molecule has 1 heterocycles. The van der Waals surface area contributed by atoms with Crippen LogP contribution in [0.3, 0.4) is 0 Å². The van der Waals surface area contributed by atoms with E-state index in [1.807, 2.05) is 0 Å². The fourth-order valence-electron chi connectivity index (χ4n) is 1.53. The second-order valence-corrected chi connectivity index (χ2v) is 3.74. The van der Waals surface area contributed by atoms with Gasteiger partial charge in [-0.3, -0.25) is 10.1 Å². The van der Waals surface area contributed by atoms with E-state index in [1.165, 1.54) is 7.11 Å². The Bertz CT molecular complexity index is 615. The smallest absolute Gasteiger partial charge is 0.392 e. The largest absolute Gasteiger partial charge is 0.476 e. The number of nitrogens with zero attached hydrogens (tertiary/aromatic N) is 3. The van der Waals surface area contributed by atoms with Gasteiger partial charge in [0.2, 0.25) is 0 Å². The van der Waals surface area contributed by atoms with Gasteiger partial charge in [0, 0.05) is 6.54 Å². The molecule has 0 aliphatic rings. The summed E-state index contributed by atoms with van der Waals surface area (Å²) in [6.07, 6.45) is 1.13. The van der Waals surface area contributed by atoms with Gasteiger partial charge in [0.15, 0.2) is 0 Å². The van der Waals surface area contributed by atoms with Crippen LogP contribution in [-0.4, -0.2) is 22.0 Å².